The van der Waals surface area contributed by atoms with Crippen molar-refractivity contribution in [3.05, 3.63) is 106 Å². The molecule has 34 heteroatoms. The maximum absolute atomic E-state index is 13.6. The lowest BCUT2D eigenvalue weighted by Gasteiger charge is -2.35. The molecule has 0 spiro atoms. The number of pyridine rings is 1. The lowest BCUT2D eigenvalue weighted by atomic mass is 9.95. The van der Waals surface area contributed by atoms with Gasteiger partial charge in [0.1, 0.15) is 33.9 Å². The molecule has 0 bridgehead atoms. The molecule has 9 rings (SSSR count). The zero-order valence-electron chi connectivity index (χ0n) is 58.7. The molecule has 3 aliphatic rings. The normalized spacial score (nSPS) is 15.1. The van der Waals surface area contributed by atoms with Crippen molar-refractivity contribution in [2.75, 3.05) is 210 Å². The van der Waals surface area contributed by atoms with Crippen molar-refractivity contribution in [2.24, 2.45) is 5.92 Å². The Morgan fingerprint density at radius 3 is 1.82 bits per heavy atom. The van der Waals surface area contributed by atoms with E-state index in [4.69, 9.17) is 80.3 Å². The first-order valence-corrected chi connectivity index (χ1v) is 36.5. The largest absolute Gasteiger partial charge is 0.487 e. The number of piperidine rings is 1. The number of piperazine rings is 1. The molecule has 104 heavy (non-hydrogen) atoms. The second-order valence-electron chi connectivity index (χ2n) is 24.1. The molecular formula is C70H93Cl2F2N13O16S. The molecule has 568 valence electrons. The number of aryl methyl sites for hydroxylation is 2. The summed E-state index contributed by atoms with van der Waals surface area (Å²) in [6, 6.07) is 16.3. The minimum Gasteiger partial charge on any atom is -0.420 e. The first-order valence-electron chi connectivity index (χ1n) is 34.9. The van der Waals surface area contributed by atoms with E-state index in [0.717, 1.165) is 36.3 Å². The summed E-state index contributed by atoms with van der Waals surface area (Å²) in [6.07, 6.45) is 8.61. The van der Waals surface area contributed by atoms with Crippen LogP contribution >= 0.6 is 34.5 Å². The molecular weight excluding hydrogens is 1420 g/mol. The average Bonchev–Trinajstić information content (AvgIpc) is 1.45. The number of nitrogens with one attached hydrogen (secondary N) is 4. The van der Waals surface area contributed by atoms with Crippen LogP contribution in [0.1, 0.15) is 76.2 Å². The Balaban J connectivity index is 0.497. The predicted molar refractivity (Wildman–Crippen MR) is 386 cm³/mol. The van der Waals surface area contributed by atoms with E-state index >= 15 is 0 Å². The number of hydrogen-bond donors (Lipinski definition) is 4. The number of anilines is 6. The molecule has 7 heterocycles. The molecule has 6 aromatic rings. The summed E-state index contributed by atoms with van der Waals surface area (Å²) in [5.41, 5.74) is -0.427. The van der Waals surface area contributed by atoms with Crippen LogP contribution in [0.2, 0.25) is 5.02 Å². The number of aromatic nitrogens is 6. The monoisotopic (exact) mass is 1510 g/mol. The van der Waals surface area contributed by atoms with Gasteiger partial charge in [-0.1, -0.05) is 35.1 Å². The van der Waals surface area contributed by atoms with Gasteiger partial charge < -0.3 is 92.8 Å². The van der Waals surface area contributed by atoms with Crippen LogP contribution in [0.3, 0.4) is 0 Å². The Morgan fingerprint density at radius 1 is 0.644 bits per heavy atom. The Hall–Kier alpha value is -7.41. The van der Waals surface area contributed by atoms with Crippen molar-refractivity contribution < 1.29 is 84.8 Å². The third kappa shape index (κ3) is 27.5. The lowest BCUT2D eigenvalue weighted by Crippen LogP contribution is -2.49. The maximum Gasteiger partial charge on any atom is 0.487 e. The first kappa shape index (κ1) is 80.7. The van der Waals surface area contributed by atoms with Gasteiger partial charge in [-0.25, -0.2) is 24.6 Å². The molecule has 1 atom stereocenters. The Kier molecular flexibility index (Phi) is 34.1. The highest BCUT2D eigenvalue weighted by Gasteiger charge is 2.31. The summed E-state index contributed by atoms with van der Waals surface area (Å²) < 4.78 is 94.6. The van der Waals surface area contributed by atoms with Gasteiger partial charge in [0.2, 0.25) is 11.8 Å². The van der Waals surface area contributed by atoms with E-state index in [1.807, 2.05) is 47.7 Å². The van der Waals surface area contributed by atoms with Crippen LogP contribution in [0.25, 0.3) is 11.3 Å². The number of thiazole rings is 1. The summed E-state index contributed by atoms with van der Waals surface area (Å²) in [6.45, 7) is 16.3. The third-order valence-electron chi connectivity index (χ3n) is 16.6. The molecule has 0 aliphatic carbocycles. The van der Waals surface area contributed by atoms with Crippen molar-refractivity contribution in [2.45, 2.75) is 64.2 Å². The number of halogens is 4. The topological polar surface area (TPSA) is 306 Å². The summed E-state index contributed by atoms with van der Waals surface area (Å²) in [5, 5.41) is 17.4. The molecule has 4 N–H and O–H groups in total. The van der Waals surface area contributed by atoms with E-state index in [0.29, 0.717) is 247 Å². The fourth-order valence-corrected chi connectivity index (χ4v) is 12.3. The molecule has 1 unspecified atom stereocenters. The predicted octanol–water partition coefficient (Wildman–Crippen LogP) is 8.81. The van der Waals surface area contributed by atoms with Gasteiger partial charge in [-0.15, -0.1) is 8.78 Å². The number of benzene rings is 2. The van der Waals surface area contributed by atoms with E-state index < -0.39 is 11.5 Å². The third-order valence-corrected chi connectivity index (χ3v) is 17.9. The molecule has 3 fully saturated rings. The zero-order valence-corrected chi connectivity index (χ0v) is 61.0. The highest BCUT2D eigenvalue weighted by molar-refractivity contribution is 7.17. The number of alkyl halides is 3. The van der Waals surface area contributed by atoms with E-state index in [-0.39, 0.29) is 47.6 Å². The Morgan fingerprint density at radius 2 is 1.24 bits per heavy atom. The highest BCUT2D eigenvalue weighted by Crippen LogP contribution is 2.37. The fraction of sp³-hybridized carbons (Fsp3) is 0.557. The zero-order chi connectivity index (χ0) is 73.1. The van der Waals surface area contributed by atoms with Crippen LogP contribution in [-0.2, 0) is 61.7 Å². The molecule has 3 aliphatic heterocycles. The Labute approximate surface area is 617 Å². The average molecular weight is 1510 g/mol. The van der Waals surface area contributed by atoms with Crippen LogP contribution in [0.4, 0.5) is 42.7 Å². The minimum absolute atomic E-state index is 0.0332. The maximum atomic E-state index is 13.6. The SMILES string of the molecule is Cc1nc(Nc2ncc(C(=O)Nc3c(C)cccc3Cl)s2)cc(N2CCN(C(=O)CCOCCOCCOCCOCCOCCOCCOCCOCCOCCOCCNC(=O)C3CCN(c4ncc(C(=O)Nc5ccc(OC(F)(F)Cl)cc5)cc4-c4ccnn4C4CCCCO4)CC3)CC2)n1. The van der Waals surface area contributed by atoms with Crippen molar-refractivity contribution in [3.8, 4) is 17.0 Å². The summed E-state index contributed by atoms with van der Waals surface area (Å²) >= 11 is 12.4. The van der Waals surface area contributed by atoms with Crippen LogP contribution in [0.15, 0.2) is 79.3 Å². The van der Waals surface area contributed by atoms with Gasteiger partial charge in [0, 0.05) is 99.6 Å². The molecule has 0 radical (unpaired) electrons. The number of para-hydroxylation sites is 1. The van der Waals surface area contributed by atoms with Crippen LogP contribution < -0.4 is 35.8 Å². The lowest BCUT2D eigenvalue weighted by molar-refractivity contribution is -0.132. The summed E-state index contributed by atoms with van der Waals surface area (Å²) in [4.78, 5) is 77.5. The van der Waals surface area contributed by atoms with Gasteiger partial charge in [-0.3, -0.25) is 19.2 Å². The molecule has 4 aromatic heterocycles. The van der Waals surface area contributed by atoms with E-state index in [2.05, 4.69) is 55.9 Å². The van der Waals surface area contributed by atoms with Gasteiger partial charge in [-0.2, -0.15) is 5.10 Å². The van der Waals surface area contributed by atoms with Gasteiger partial charge in [0.15, 0.2) is 11.4 Å². The number of carbonyl (C=O) groups is 4. The van der Waals surface area contributed by atoms with Crippen LogP contribution in [0.5, 0.6) is 5.75 Å². The second-order valence-corrected chi connectivity index (χ2v) is 26.0. The number of carbonyl (C=O) groups excluding carboxylic acids is 4. The second kappa shape index (κ2) is 43.9. The quantitative estimate of drug-likeness (QED) is 0.0205. The number of ether oxygens (including phenoxy) is 12. The minimum atomic E-state index is -3.87. The smallest absolute Gasteiger partial charge is 0.420 e. The highest BCUT2D eigenvalue weighted by atomic mass is 35.5. The van der Waals surface area contributed by atoms with Crippen molar-refractivity contribution in [1.82, 2.24) is 39.9 Å². The number of rotatable bonds is 46. The van der Waals surface area contributed by atoms with E-state index in [1.54, 1.807) is 18.3 Å². The number of hydrogen-bond acceptors (Lipinski definition) is 25. The standard InChI is InChI=1S/C70H93Cl2F2N13O16S/c1-50-6-5-7-57(71)64(50)83-68(91)59-49-77-69(104-59)82-60-47-61(80-51(2)79-60)84-21-23-85(24-22-84)62(88)16-26-92-28-30-94-32-34-96-36-38-98-40-42-100-44-45-101-43-41-99-39-37-97-35-33-95-31-29-93-27-18-75-66(89)52-14-19-86(20-15-52)65-56(58-13-17-78-87(58)63-8-3-4-25-102-63)46-53(48-76-65)67(90)81-54-9-11-55(12-10-54)103-70(72,73)74/h5-7,9-13,17,46-49,52,63H,3-4,8,14-16,18-45H2,1-2H3,(H,75,89)(H,81,90)(H,83,91)(H,77,79,80,82). The van der Waals surface area contributed by atoms with Gasteiger partial charge in [0.25, 0.3) is 11.8 Å². The van der Waals surface area contributed by atoms with Crippen molar-refractivity contribution in [3.63, 3.8) is 0 Å². The molecule has 29 nitrogen and oxygen atoms in total. The van der Waals surface area contributed by atoms with Gasteiger partial charge >= 0.3 is 5.57 Å². The molecule has 4 amide bonds. The first-order chi connectivity index (χ1) is 50.6. The van der Waals surface area contributed by atoms with Crippen molar-refractivity contribution >= 4 is 92.1 Å². The van der Waals surface area contributed by atoms with Crippen LogP contribution in [0, 0.1) is 19.8 Å². The molecule has 2 aromatic carbocycles. The number of nitrogens with zero attached hydrogens (tertiary/aromatic N) is 9. The fourth-order valence-electron chi connectivity index (χ4n) is 11.3. The van der Waals surface area contributed by atoms with Gasteiger partial charge in [-0.05, 0) is 94.0 Å². The van der Waals surface area contributed by atoms with Gasteiger partial charge in [0.05, 0.1) is 167 Å². The molecule has 0 saturated carbocycles. The summed E-state index contributed by atoms with van der Waals surface area (Å²) in [5.74, 6) is 1.36. The van der Waals surface area contributed by atoms with Crippen molar-refractivity contribution in [1.29, 1.82) is 0 Å². The summed E-state index contributed by atoms with van der Waals surface area (Å²) in [7, 11) is 0. The Bertz CT molecular complexity index is 3560. The molecule has 3 saturated heterocycles. The van der Waals surface area contributed by atoms with E-state index in [9.17, 15) is 28.0 Å². The number of amides is 4. The van der Waals surface area contributed by atoms with E-state index in [1.165, 1.54) is 48.0 Å². The van der Waals surface area contributed by atoms with Crippen LogP contribution in [-0.4, -0.2) is 248 Å².